The van der Waals surface area contributed by atoms with Gasteiger partial charge in [-0.3, -0.25) is 4.79 Å². The first-order chi connectivity index (χ1) is 11.9. The molecule has 0 fully saturated rings. The Balaban J connectivity index is 1.72. The Bertz CT molecular complexity index is 912. The minimum atomic E-state index is -3.68. The Labute approximate surface area is 146 Å². The minimum Gasteiger partial charge on any atom is -0.315 e. The maximum atomic E-state index is 13.6. The van der Waals surface area contributed by atoms with Gasteiger partial charge in [0.25, 0.3) is 0 Å². The molecule has 0 unspecified atom stereocenters. The van der Waals surface area contributed by atoms with E-state index in [1.165, 1.54) is 12.1 Å². The molecular formula is C18H19FN2O3S. The molecule has 25 heavy (non-hydrogen) atoms. The number of aryl methyl sites for hydroxylation is 1. The number of hydrogen-bond acceptors (Lipinski definition) is 3. The van der Waals surface area contributed by atoms with E-state index in [9.17, 15) is 17.6 Å². The fourth-order valence-corrected chi connectivity index (χ4v) is 3.99. The second kappa shape index (κ2) is 6.93. The van der Waals surface area contributed by atoms with Crippen molar-refractivity contribution in [2.45, 2.75) is 24.2 Å². The molecule has 132 valence electrons. The summed E-state index contributed by atoms with van der Waals surface area (Å²) in [6.07, 6.45) is 1.17. The molecule has 0 bridgehead atoms. The number of anilines is 1. The Morgan fingerprint density at radius 2 is 1.92 bits per heavy atom. The van der Waals surface area contributed by atoms with E-state index >= 15 is 0 Å². The van der Waals surface area contributed by atoms with E-state index in [0.29, 0.717) is 18.4 Å². The molecule has 1 aliphatic heterocycles. The van der Waals surface area contributed by atoms with Gasteiger partial charge in [-0.1, -0.05) is 18.2 Å². The third kappa shape index (κ3) is 3.72. The first-order valence-corrected chi connectivity index (χ1v) is 9.49. The van der Waals surface area contributed by atoms with Crippen molar-refractivity contribution in [2.24, 2.45) is 0 Å². The average molecular weight is 362 g/mol. The van der Waals surface area contributed by atoms with Crippen LogP contribution < -0.4 is 9.62 Å². The van der Waals surface area contributed by atoms with Crippen LogP contribution >= 0.6 is 0 Å². The molecule has 2 aromatic carbocycles. The highest BCUT2D eigenvalue weighted by Gasteiger charge is 2.23. The Hall–Kier alpha value is -2.25. The van der Waals surface area contributed by atoms with Gasteiger partial charge in [-0.05, 0) is 48.2 Å². The molecule has 0 atom stereocenters. The molecular weight excluding hydrogens is 343 g/mol. The van der Waals surface area contributed by atoms with Crippen molar-refractivity contribution in [1.29, 1.82) is 0 Å². The summed E-state index contributed by atoms with van der Waals surface area (Å²) in [6, 6.07) is 11.0. The molecule has 2 aromatic rings. The van der Waals surface area contributed by atoms with E-state index in [4.69, 9.17) is 0 Å². The van der Waals surface area contributed by atoms with Crippen LogP contribution in [0.25, 0.3) is 0 Å². The van der Waals surface area contributed by atoms with Crippen LogP contribution in [0.4, 0.5) is 10.1 Å². The zero-order chi connectivity index (χ0) is 18.0. The standard InChI is InChI=1S/C18H19FN2O3S/c1-21-17-8-7-15(12-14(17)6-9-18(21)22)25(23,24)20-11-10-13-4-2-3-5-16(13)19/h2-5,7-8,12,20H,6,9-11H2,1H3. The number of amides is 1. The van der Waals surface area contributed by atoms with Crippen molar-refractivity contribution < 1.29 is 17.6 Å². The van der Waals surface area contributed by atoms with Crippen LogP contribution in [0.15, 0.2) is 47.4 Å². The molecule has 7 heteroatoms. The highest BCUT2D eigenvalue weighted by Crippen LogP contribution is 2.28. The van der Waals surface area contributed by atoms with Gasteiger partial charge in [0, 0.05) is 25.7 Å². The molecule has 0 aliphatic carbocycles. The van der Waals surface area contributed by atoms with Crippen molar-refractivity contribution in [3.05, 3.63) is 59.4 Å². The number of fused-ring (bicyclic) bond motifs is 1. The number of sulfonamides is 1. The summed E-state index contributed by atoms with van der Waals surface area (Å²) in [4.78, 5) is 13.4. The van der Waals surface area contributed by atoms with Gasteiger partial charge in [0.2, 0.25) is 15.9 Å². The number of rotatable bonds is 5. The van der Waals surface area contributed by atoms with Crippen LogP contribution in [0, 0.1) is 5.82 Å². The van der Waals surface area contributed by atoms with Gasteiger partial charge >= 0.3 is 0 Å². The van der Waals surface area contributed by atoms with Gasteiger partial charge in [-0.2, -0.15) is 0 Å². The number of hydrogen-bond donors (Lipinski definition) is 1. The van der Waals surface area contributed by atoms with Crippen molar-refractivity contribution in [3.8, 4) is 0 Å². The summed E-state index contributed by atoms with van der Waals surface area (Å²) in [5, 5.41) is 0. The van der Waals surface area contributed by atoms with E-state index < -0.39 is 10.0 Å². The lowest BCUT2D eigenvalue weighted by Crippen LogP contribution is -2.31. The Morgan fingerprint density at radius 1 is 1.16 bits per heavy atom. The fourth-order valence-electron chi connectivity index (χ4n) is 2.90. The van der Waals surface area contributed by atoms with E-state index in [1.54, 1.807) is 42.3 Å². The monoisotopic (exact) mass is 362 g/mol. The summed E-state index contributed by atoms with van der Waals surface area (Å²) < 4.78 is 41.0. The number of carbonyl (C=O) groups excluding carboxylic acids is 1. The van der Waals surface area contributed by atoms with Crippen molar-refractivity contribution in [1.82, 2.24) is 4.72 Å². The summed E-state index contributed by atoms with van der Waals surface area (Å²) in [7, 11) is -2.00. The highest BCUT2D eigenvalue weighted by atomic mass is 32.2. The van der Waals surface area contributed by atoms with Crippen molar-refractivity contribution in [2.75, 3.05) is 18.5 Å². The molecule has 1 N–H and O–H groups in total. The van der Waals surface area contributed by atoms with Gasteiger partial charge < -0.3 is 4.90 Å². The predicted octanol–water partition coefficient (Wildman–Crippen LogP) is 2.26. The molecule has 1 heterocycles. The van der Waals surface area contributed by atoms with Gasteiger partial charge in [-0.25, -0.2) is 17.5 Å². The molecule has 3 rings (SSSR count). The van der Waals surface area contributed by atoms with Gasteiger partial charge in [-0.15, -0.1) is 0 Å². The molecule has 0 saturated heterocycles. The van der Waals surface area contributed by atoms with Crippen LogP contribution in [0.1, 0.15) is 17.5 Å². The molecule has 0 aromatic heterocycles. The number of nitrogens with zero attached hydrogens (tertiary/aromatic N) is 1. The first kappa shape index (κ1) is 17.6. The zero-order valence-electron chi connectivity index (χ0n) is 13.8. The Kier molecular flexibility index (Phi) is 4.87. The topological polar surface area (TPSA) is 66.5 Å². The Morgan fingerprint density at radius 3 is 2.68 bits per heavy atom. The summed E-state index contributed by atoms with van der Waals surface area (Å²) in [5.74, 6) is -0.325. The summed E-state index contributed by atoms with van der Waals surface area (Å²) in [5.41, 5.74) is 2.04. The van der Waals surface area contributed by atoms with E-state index in [0.717, 1.165) is 11.3 Å². The minimum absolute atomic E-state index is 0.0196. The maximum Gasteiger partial charge on any atom is 0.240 e. The van der Waals surface area contributed by atoms with Crippen molar-refractivity contribution in [3.63, 3.8) is 0 Å². The van der Waals surface area contributed by atoms with Gasteiger partial charge in [0.05, 0.1) is 4.90 Å². The van der Waals surface area contributed by atoms with E-state index in [-0.39, 0.29) is 29.6 Å². The zero-order valence-corrected chi connectivity index (χ0v) is 14.6. The molecule has 0 saturated carbocycles. The SMILES string of the molecule is CN1C(=O)CCc2cc(S(=O)(=O)NCCc3ccccc3F)ccc21. The molecule has 0 radical (unpaired) electrons. The van der Waals surface area contributed by atoms with Crippen LogP contribution in [0.5, 0.6) is 0 Å². The number of halogens is 1. The van der Waals surface area contributed by atoms with E-state index in [2.05, 4.69) is 4.72 Å². The van der Waals surface area contributed by atoms with Crippen LogP contribution in [-0.2, 0) is 27.7 Å². The number of benzene rings is 2. The normalized spacial score (nSPS) is 14.5. The number of nitrogens with one attached hydrogen (secondary N) is 1. The number of carbonyl (C=O) groups is 1. The maximum absolute atomic E-state index is 13.6. The smallest absolute Gasteiger partial charge is 0.240 e. The highest BCUT2D eigenvalue weighted by molar-refractivity contribution is 7.89. The second-order valence-electron chi connectivity index (χ2n) is 5.98. The molecule has 0 spiro atoms. The largest absolute Gasteiger partial charge is 0.315 e. The first-order valence-electron chi connectivity index (χ1n) is 8.01. The molecule has 1 amide bonds. The van der Waals surface area contributed by atoms with Crippen LogP contribution in [0.2, 0.25) is 0 Å². The van der Waals surface area contributed by atoms with Crippen LogP contribution in [-0.4, -0.2) is 27.9 Å². The molecule has 5 nitrogen and oxygen atoms in total. The third-order valence-corrected chi connectivity index (χ3v) is 5.81. The lowest BCUT2D eigenvalue weighted by Gasteiger charge is -2.26. The van der Waals surface area contributed by atoms with E-state index in [1.807, 2.05) is 0 Å². The fraction of sp³-hybridized carbons (Fsp3) is 0.278. The van der Waals surface area contributed by atoms with Crippen LogP contribution in [0.3, 0.4) is 0 Å². The summed E-state index contributed by atoms with van der Waals surface area (Å²) in [6.45, 7) is 0.110. The second-order valence-corrected chi connectivity index (χ2v) is 7.75. The summed E-state index contributed by atoms with van der Waals surface area (Å²) >= 11 is 0. The quantitative estimate of drug-likeness (QED) is 0.887. The molecule has 1 aliphatic rings. The third-order valence-electron chi connectivity index (χ3n) is 4.35. The predicted molar refractivity (Wildman–Crippen MR) is 93.5 cm³/mol. The van der Waals surface area contributed by atoms with Crippen molar-refractivity contribution >= 4 is 21.6 Å². The average Bonchev–Trinajstić information content (AvgIpc) is 2.59. The lowest BCUT2D eigenvalue weighted by atomic mass is 10.0. The van der Waals surface area contributed by atoms with Gasteiger partial charge in [0.15, 0.2) is 0 Å². The van der Waals surface area contributed by atoms with Gasteiger partial charge in [0.1, 0.15) is 5.82 Å². The lowest BCUT2D eigenvalue weighted by molar-refractivity contribution is -0.118.